The van der Waals surface area contributed by atoms with Crippen LogP contribution in [0, 0.1) is 11.7 Å². The zero-order valence-electron chi connectivity index (χ0n) is 11.8. The summed E-state index contributed by atoms with van der Waals surface area (Å²) in [5.41, 5.74) is 6.82. The lowest BCUT2D eigenvalue weighted by molar-refractivity contribution is 0.121. The van der Waals surface area contributed by atoms with Gasteiger partial charge >= 0.3 is 0 Å². The van der Waals surface area contributed by atoms with Crippen molar-refractivity contribution in [2.75, 3.05) is 13.1 Å². The normalized spacial score (nSPS) is 24.9. The first-order chi connectivity index (χ1) is 9.17. The summed E-state index contributed by atoms with van der Waals surface area (Å²) in [6, 6.07) is 4.02. The fraction of sp³-hybridized carbons (Fsp3) is 0.667. The lowest BCUT2D eigenvalue weighted by Crippen LogP contribution is -2.41. The largest absolute Gasteiger partial charge is 0.330 e. The highest BCUT2D eigenvalue weighted by Gasteiger charge is 2.33. The fourth-order valence-electron chi connectivity index (χ4n) is 3.33. The van der Waals surface area contributed by atoms with Crippen molar-refractivity contribution in [1.82, 2.24) is 9.88 Å². The second kappa shape index (κ2) is 6.44. The van der Waals surface area contributed by atoms with Gasteiger partial charge in [0.1, 0.15) is 5.82 Å². The lowest BCUT2D eigenvalue weighted by atomic mass is 10.00. The van der Waals surface area contributed by atoms with Crippen LogP contribution in [0.4, 0.5) is 4.39 Å². The second-order valence-electron chi connectivity index (χ2n) is 5.40. The summed E-state index contributed by atoms with van der Waals surface area (Å²) in [6.07, 6.45) is 4.99. The Labute approximate surface area is 115 Å². The first-order valence-corrected chi connectivity index (χ1v) is 7.24. The topological polar surface area (TPSA) is 42.2 Å². The van der Waals surface area contributed by atoms with E-state index < -0.39 is 0 Å². The van der Waals surface area contributed by atoms with E-state index in [1.54, 1.807) is 6.07 Å². The molecule has 0 radical (unpaired) electrons. The number of aromatic nitrogens is 1. The van der Waals surface area contributed by atoms with E-state index in [1.165, 1.54) is 31.5 Å². The van der Waals surface area contributed by atoms with Crippen LogP contribution >= 0.6 is 0 Å². The van der Waals surface area contributed by atoms with Crippen molar-refractivity contribution in [3.63, 3.8) is 0 Å². The molecule has 2 N–H and O–H groups in total. The molecular formula is C15H24FN3. The molecule has 1 aliphatic rings. The predicted octanol–water partition coefficient (Wildman–Crippen LogP) is 2.73. The SMILES string of the molecule is CCN(C(C)c1ccc(F)cn1)C1CCCC1CN. The number of rotatable bonds is 5. The third-order valence-corrected chi connectivity index (χ3v) is 4.39. The third-order valence-electron chi connectivity index (χ3n) is 4.39. The van der Waals surface area contributed by atoms with E-state index in [9.17, 15) is 4.39 Å². The molecule has 1 saturated carbocycles. The van der Waals surface area contributed by atoms with Gasteiger partial charge in [0.25, 0.3) is 0 Å². The number of nitrogens with two attached hydrogens (primary N) is 1. The van der Waals surface area contributed by atoms with Gasteiger partial charge in [-0.15, -0.1) is 0 Å². The second-order valence-corrected chi connectivity index (χ2v) is 5.40. The van der Waals surface area contributed by atoms with Gasteiger partial charge < -0.3 is 5.73 Å². The minimum Gasteiger partial charge on any atom is -0.330 e. The summed E-state index contributed by atoms with van der Waals surface area (Å²) in [6.45, 7) is 6.05. The summed E-state index contributed by atoms with van der Waals surface area (Å²) in [5, 5.41) is 0. The van der Waals surface area contributed by atoms with Crippen molar-refractivity contribution in [2.24, 2.45) is 11.7 Å². The summed E-state index contributed by atoms with van der Waals surface area (Å²) >= 11 is 0. The van der Waals surface area contributed by atoms with Crippen molar-refractivity contribution in [2.45, 2.75) is 45.2 Å². The van der Waals surface area contributed by atoms with Gasteiger partial charge in [-0.2, -0.15) is 0 Å². The molecule has 1 fully saturated rings. The molecule has 1 aliphatic carbocycles. The molecule has 1 heterocycles. The van der Waals surface area contributed by atoms with E-state index in [2.05, 4.69) is 23.7 Å². The Kier molecular flexibility index (Phi) is 4.88. The third kappa shape index (κ3) is 3.12. The molecule has 1 aromatic heterocycles. The monoisotopic (exact) mass is 265 g/mol. The Balaban J connectivity index is 2.14. The van der Waals surface area contributed by atoms with Gasteiger partial charge in [-0.25, -0.2) is 4.39 Å². The molecule has 2 rings (SSSR count). The van der Waals surface area contributed by atoms with Crippen LogP contribution in [0.25, 0.3) is 0 Å². The van der Waals surface area contributed by atoms with Crippen LogP contribution in [0.2, 0.25) is 0 Å². The first kappa shape index (κ1) is 14.4. The van der Waals surface area contributed by atoms with E-state index >= 15 is 0 Å². The zero-order chi connectivity index (χ0) is 13.8. The molecule has 1 aromatic rings. The average molecular weight is 265 g/mol. The predicted molar refractivity (Wildman–Crippen MR) is 75.2 cm³/mol. The van der Waals surface area contributed by atoms with Crippen molar-refractivity contribution < 1.29 is 4.39 Å². The summed E-state index contributed by atoms with van der Waals surface area (Å²) in [5.74, 6) is 0.308. The number of hydrogen-bond donors (Lipinski definition) is 1. The molecule has 0 bridgehead atoms. The molecule has 0 aliphatic heterocycles. The fourth-order valence-corrected chi connectivity index (χ4v) is 3.33. The molecule has 0 saturated heterocycles. The summed E-state index contributed by atoms with van der Waals surface area (Å²) in [4.78, 5) is 6.68. The highest BCUT2D eigenvalue weighted by atomic mass is 19.1. The minimum absolute atomic E-state index is 0.211. The number of halogens is 1. The molecule has 0 amide bonds. The Morgan fingerprint density at radius 2 is 2.26 bits per heavy atom. The van der Waals surface area contributed by atoms with Gasteiger partial charge in [0.05, 0.1) is 11.9 Å². The molecule has 0 spiro atoms. The van der Waals surface area contributed by atoms with Gasteiger partial charge in [-0.3, -0.25) is 9.88 Å². The van der Waals surface area contributed by atoms with Crippen LogP contribution in [0.15, 0.2) is 18.3 Å². The molecule has 3 unspecified atom stereocenters. The molecule has 106 valence electrons. The first-order valence-electron chi connectivity index (χ1n) is 7.24. The maximum absolute atomic E-state index is 13.0. The van der Waals surface area contributed by atoms with Gasteiger partial charge in [0.15, 0.2) is 0 Å². The molecule has 4 heteroatoms. The maximum Gasteiger partial charge on any atom is 0.141 e. The van der Waals surface area contributed by atoms with Crippen LogP contribution in [0.1, 0.15) is 44.8 Å². The molecule has 3 nitrogen and oxygen atoms in total. The van der Waals surface area contributed by atoms with Crippen LogP contribution < -0.4 is 5.73 Å². The van der Waals surface area contributed by atoms with Gasteiger partial charge in [-0.05, 0) is 50.9 Å². The van der Waals surface area contributed by atoms with E-state index in [0.717, 1.165) is 18.8 Å². The number of nitrogens with zero attached hydrogens (tertiary/aromatic N) is 2. The van der Waals surface area contributed by atoms with E-state index in [4.69, 9.17) is 5.73 Å². The Hall–Kier alpha value is -1.00. The highest BCUT2D eigenvalue weighted by molar-refractivity contribution is 5.10. The summed E-state index contributed by atoms with van der Waals surface area (Å²) < 4.78 is 13.0. The summed E-state index contributed by atoms with van der Waals surface area (Å²) in [7, 11) is 0. The van der Waals surface area contributed by atoms with Crippen molar-refractivity contribution in [3.8, 4) is 0 Å². The van der Waals surface area contributed by atoms with Crippen LogP contribution in [-0.4, -0.2) is 29.0 Å². The highest BCUT2D eigenvalue weighted by Crippen LogP contribution is 2.33. The Morgan fingerprint density at radius 1 is 1.47 bits per heavy atom. The average Bonchev–Trinajstić information content (AvgIpc) is 2.88. The molecular weight excluding hydrogens is 241 g/mol. The van der Waals surface area contributed by atoms with Crippen LogP contribution in [0.3, 0.4) is 0 Å². The Bertz CT molecular complexity index is 393. The van der Waals surface area contributed by atoms with E-state index in [-0.39, 0.29) is 11.9 Å². The van der Waals surface area contributed by atoms with Gasteiger partial charge in [0, 0.05) is 12.1 Å². The van der Waals surface area contributed by atoms with Crippen molar-refractivity contribution in [3.05, 3.63) is 29.8 Å². The zero-order valence-corrected chi connectivity index (χ0v) is 11.8. The van der Waals surface area contributed by atoms with Crippen LogP contribution in [-0.2, 0) is 0 Å². The van der Waals surface area contributed by atoms with Gasteiger partial charge in [-0.1, -0.05) is 13.3 Å². The quantitative estimate of drug-likeness (QED) is 0.890. The molecule has 0 aromatic carbocycles. The molecule has 3 atom stereocenters. The van der Waals surface area contributed by atoms with E-state index in [1.807, 2.05) is 0 Å². The maximum atomic E-state index is 13.0. The minimum atomic E-state index is -0.278. The van der Waals surface area contributed by atoms with Crippen molar-refractivity contribution in [1.29, 1.82) is 0 Å². The Morgan fingerprint density at radius 3 is 2.84 bits per heavy atom. The van der Waals surface area contributed by atoms with Crippen molar-refractivity contribution >= 4 is 0 Å². The standard InChI is InChI=1S/C15H24FN3/c1-3-19(15-6-4-5-12(15)9-17)11(2)14-8-7-13(16)10-18-14/h7-8,10-12,15H,3-6,9,17H2,1-2H3. The van der Waals surface area contributed by atoms with Crippen LogP contribution in [0.5, 0.6) is 0 Å². The molecule has 19 heavy (non-hydrogen) atoms. The number of hydrogen-bond acceptors (Lipinski definition) is 3. The smallest absolute Gasteiger partial charge is 0.141 e. The van der Waals surface area contributed by atoms with Gasteiger partial charge in [0.2, 0.25) is 0 Å². The lowest BCUT2D eigenvalue weighted by Gasteiger charge is -2.36. The number of pyridine rings is 1. The van der Waals surface area contributed by atoms with E-state index in [0.29, 0.717) is 12.0 Å².